The molecule has 0 aliphatic carbocycles. The molecule has 0 aromatic heterocycles. The van der Waals surface area contributed by atoms with E-state index in [9.17, 15) is 18.4 Å². The van der Waals surface area contributed by atoms with Crippen molar-refractivity contribution >= 4 is 39.3 Å². The van der Waals surface area contributed by atoms with E-state index in [1.807, 2.05) is 0 Å². The Bertz CT molecular complexity index is 781. The average Bonchev–Trinajstić information content (AvgIpc) is 2.48. The van der Waals surface area contributed by atoms with Crippen molar-refractivity contribution in [3.63, 3.8) is 0 Å². The molecule has 0 spiro atoms. The van der Waals surface area contributed by atoms with E-state index in [0.29, 0.717) is 21.1 Å². The van der Waals surface area contributed by atoms with Crippen LogP contribution in [0.1, 0.15) is 15.9 Å². The van der Waals surface area contributed by atoms with Crippen LogP contribution in [-0.2, 0) is 11.2 Å². The second kappa shape index (κ2) is 7.72. The van der Waals surface area contributed by atoms with Gasteiger partial charge in [-0.3, -0.25) is 9.59 Å². The average molecular weight is 418 g/mol. The number of carbonyl (C=O) groups excluding carboxylic acids is 2. The number of hydrogen-bond donors (Lipinski definition) is 2. The van der Waals surface area contributed by atoms with E-state index in [1.165, 1.54) is 0 Å². The van der Waals surface area contributed by atoms with Gasteiger partial charge in [0.15, 0.2) is 0 Å². The SMILES string of the molecule is NC(=O)[C@H](Cc1cc(Cl)ccc1Br)NC(=O)c1cc(F)cc(F)c1. The molecule has 0 unspecified atom stereocenters. The van der Waals surface area contributed by atoms with Crippen molar-refractivity contribution in [2.75, 3.05) is 0 Å². The standard InChI is InChI=1S/C16H12BrClF2N2O2/c17-13-2-1-10(18)3-8(13)6-14(15(21)23)22-16(24)9-4-11(19)7-12(20)5-9/h1-5,7,14H,6H2,(H2,21,23)(H,22,24)/t14-/m0/s1. The quantitative estimate of drug-likeness (QED) is 0.784. The van der Waals surface area contributed by atoms with Crippen LogP contribution < -0.4 is 11.1 Å². The maximum absolute atomic E-state index is 13.2. The van der Waals surface area contributed by atoms with Gasteiger partial charge in [0.1, 0.15) is 17.7 Å². The van der Waals surface area contributed by atoms with Crippen molar-refractivity contribution in [1.82, 2.24) is 5.32 Å². The molecule has 0 aliphatic rings. The maximum Gasteiger partial charge on any atom is 0.252 e. The first-order valence-electron chi connectivity index (χ1n) is 6.76. The number of primary amides is 1. The van der Waals surface area contributed by atoms with Crippen molar-refractivity contribution in [2.24, 2.45) is 5.73 Å². The first kappa shape index (κ1) is 18.4. The first-order valence-corrected chi connectivity index (χ1v) is 7.93. The smallest absolute Gasteiger partial charge is 0.252 e. The number of carbonyl (C=O) groups is 2. The van der Waals surface area contributed by atoms with Gasteiger partial charge in [0, 0.05) is 27.5 Å². The van der Waals surface area contributed by atoms with Crippen molar-refractivity contribution in [1.29, 1.82) is 0 Å². The minimum atomic E-state index is -1.07. The summed E-state index contributed by atoms with van der Waals surface area (Å²) in [7, 11) is 0. The van der Waals surface area contributed by atoms with Gasteiger partial charge in [-0.1, -0.05) is 27.5 Å². The van der Waals surface area contributed by atoms with E-state index in [-0.39, 0.29) is 12.0 Å². The molecule has 0 saturated carbocycles. The second-order valence-corrected chi connectivity index (χ2v) is 6.32. The predicted octanol–water partition coefficient (Wildman–Crippen LogP) is 3.21. The minimum Gasteiger partial charge on any atom is -0.368 e. The molecule has 2 aromatic rings. The molecule has 8 heteroatoms. The Morgan fingerprint density at radius 2 is 1.79 bits per heavy atom. The van der Waals surface area contributed by atoms with Crippen LogP contribution >= 0.6 is 27.5 Å². The predicted molar refractivity (Wildman–Crippen MR) is 89.7 cm³/mol. The summed E-state index contributed by atoms with van der Waals surface area (Å²) < 4.78 is 27.1. The molecule has 24 heavy (non-hydrogen) atoms. The Morgan fingerprint density at radius 3 is 2.38 bits per heavy atom. The van der Waals surface area contributed by atoms with Gasteiger partial charge in [-0.05, 0) is 35.9 Å². The van der Waals surface area contributed by atoms with E-state index < -0.39 is 29.5 Å². The zero-order valence-corrected chi connectivity index (χ0v) is 14.5. The third-order valence-corrected chi connectivity index (χ3v) is 4.21. The minimum absolute atomic E-state index is 0.0695. The van der Waals surface area contributed by atoms with Crippen LogP contribution in [-0.4, -0.2) is 17.9 Å². The van der Waals surface area contributed by atoms with E-state index in [4.69, 9.17) is 17.3 Å². The molecule has 0 radical (unpaired) electrons. The van der Waals surface area contributed by atoms with Crippen molar-refractivity contribution < 1.29 is 18.4 Å². The Kier molecular flexibility index (Phi) is 5.90. The molecule has 1 atom stereocenters. The molecule has 2 rings (SSSR count). The topological polar surface area (TPSA) is 72.2 Å². The molecule has 2 amide bonds. The van der Waals surface area contributed by atoms with E-state index in [1.54, 1.807) is 18.2 Å². The number of benzene rings is 2. The molecular weight excluding hydrogens is 406 g/mol. The van der Waals surface area contributed by atoms with Crippen LogP contribution in [0.25, 0.3) is 0 Å². The Hall–Kier alpha value is -1.99. The first-order chi connectivity index (χ1) is 11.3. The molecule has 0 bridgehead atoms. The Labute approximate surface area is 150 Å². The zero-order valence-electron chi connectivity index (χ0n) is 12.2. The molecule has 3 N–H and O–H groups in total. The fourth-order valence-corrected chi connectivity index (χ4v) is 2.67. The highest BCUT2D eigenvalue weighted by molar-refractivity contribution is 9.10. The molecule has 0 aliphatic heterocycles. The van der Waals surface area contributed by atoms with Crippen LogP contribution in [0.15, 0.2) is 40.9 Å². The van der Waals surface area contributed by atoms with Gasteiger partial charge in [-0.25, -0.2) is 8.78 Å². The molecule has 0 saturated heterocycles. The third kappa shape index (κ3) is 4.75. The summed E-state index contributed by atoms with van der Waals surface area (Å²) >= 11 is 9.22. The van der Waals surface area contributed by atoms with Crippen molar-refractivity contribution in [3.05, 3.63) is 68.7 Å². The number of nitrogens with two attached hydrogens (primary N) is 1. The zero-order chi connectivity index (χ0) is 17.9. The highest BCUT2D eigenvalue weighted by Gasteiger charge is 2.21. The van der Waals surface area contributed by atoms with Crippen molar-refractivity contribution in [3.8, 4) is 0 Å². The van der Waals surface area contributed by atoms with Gasteiger partial charge in [-0.15, -0.1) is 0 Å². The number of nitrogens with one attached hydrogen (secondary N) is 1. The molecule has 126 valence electrons. The largest absolute Gasteiger partial charge is 0.368 e. The van der Waals surface area contributed by atoms with Crippen LogP contribution in [0.5, 0.6) is 0 Å². The summed E-state index contributed by atoms with van der Waals surface area (Å²) in [4.78, 5) is 23.7. The maximum atomic E-state index is 13.2. The molecule has 0 fully saturated rings. The lowest BCUT2D eigenvalue weighted by molar-refractivity contribution is -0.119. The van der Waals surface area contributed by atoms with Gasteiger partial charge in [0.2, 0.25) is 5.91 Å². The van der Waals surface area contributed by atoms with Crippen LogP contribution in [0.3, 0.4) is 0 Å². The van der Waals surface area contributed by atoms with Gasteiger partial charge in [0.25, 0.3) is 5.91 Å². The van der Waals surface area contributed by atoms with E-state index in [0.717, 1.165) is 12.1 Å². The van der Waals surface area contributed by atoms with E-state index >= 15 is 0 Å². The number of halogens is 4. The summed E-state index contributed by atoms with van der Waals surface area (Å²) in [5.41, 5.74) is 5.71. The fraction of sp³-hybridized carbons (Fsp3) is 0.125. The second-order valence-electron chi connectivity index (χ2n) is 5.03. The monoisotopic (exact) mass is 416 g/mol. The number of hydrogen-bond acceptors (Lipinski definition) is 2. The van der Waals surface area contributed by atoms with Crippen LogP contribution in [0, 0.1) is 11.6 Å². The lowest BCUT2D eigenvalue weighted by Gasteiger charge is -2.17. The van der Waals surface area contributed by atoms with E-state index in [2.05, 4.69) is 21.2 Å². The molecule has 0 heterocycles. The Morgan fingerprint density at radius 1 is 1.17 bits per heavy atom. The van der Waals surface area contributed by atoms with Crippen LogP contribution in [0.4, 0.5) is 8.78 Å². The number of rotatable bonds is 5. The van der Waals surface area contributed by atoms with Gasteiger partial charge < -0.3 is 11.1 Å². The summed E-state index contributed by atoms with van der Waals surface area (Å²) in [6.45, 7) is 0. The lowest BCUT2D eigenvalue weighted by atomic mass is 10.0. The lowest BCUT2D eigenvalue weighted by Crippen LogP contribution is -2.46. The summed E-state index contributed by atoms with van der Waals surface area (Å²) in [6, 6.07) is 6.28. The third-order valence-electron chi connectivity index (χ3n) is 3.21. The summed E-state index contributed by atoms with van der Waals surface area (Å²) in [6.07, 6.45) is 0.0695. The molecule has 2 aromatic carbocycles. The highest BCUT2D eigenvalue weighted by atomic mass is 79.9. The van der Waals surface area contributed by atoms with Gasteiger partial charge in [-0.2, -0.15) is 0 Å². The van der Waals surface area contributed by atoms with Gasteiger partial charge >= 0.3 is 0 Å². The Balaban J connectivity index is 2.20. The fourth-order valence-electron chi connectivity index (χ4n) is 2.07. The summed E-state index contributed by atoms with van der Waals surface area (Å²) in [5, 5.41) is 2.83. The normalized spacial score (nSPS) is 11.8. The molecule has 4 nitrogen and oxygen atoms in total. The summed E-state index contributed by atoms with van der Waals surface area (Å²) in [5.74, 6) is -3.39. The number of amides is 2. The van der Waals surface area contributed by atoms with Crippen LogP contribution in [0.2, 0.25) is 5.02 Å². The van der Waals surface area contributed by atoms with Gasteiger partial charge in [0.05, 0.1) is 0 Å². The molecular formula is C16H12BrClF2N2O2. The van der Waals surface area contributed by atoms with Crippen molar-refractivity contribution in [2.45, 2.75) is 12.5 Å². The highest BCUT2D eigenvalue weighted by Crippen LogP contribution is 2.22.